The van der Waals surface area contributed by atoms with Crippen LogP contribution in [-0.4, -0.2) is 18.2 Å². The summed E-state index contributed by atoms with van der Waals surface area (Å²) in [4.78, 5) is 10.6. The predicted molar refractivity (Wildman–Crippen MR) is 56.7 cm³/mol. The van der Waals surface area contributed by atoms with Crippen molar-refractivity contribution in [3.8, 4) is 11.8 Å². The number of halogens is 1. The van der Waals surface area contributed by atoms with E-state index in [9.17, 15) is 4.79 Å². The van der Waals surface area contributed by atoms with Gasteiger partial charge in [-0.2, -0.15) is 5.26 Å². The van der Waals surface area contributed by atoms with E-state index in [4.69, 9.17) is 15.1 Å². The van der Waals surface area contributed by atoms with E-state index < -0.39 is 5.97 Å². The molecule has 0 bridgehead atoms. The number of benzene rings is 1. The molecule has 0 unspecified atom stereocenters. The standard InChI is InChI=1S/C10H8BrNO3/c1-15-10-6(4-9(13)14)2-8(11)3-7(10)5-12/h2-3H,4H2,1H3,(H,13,14). The monoisotopic (exact) mass is 269 g/mol. The molecule has 0 aliphatic rings. The Morgan fingerprint density at radius 3 is 2.80 bits per heavy atom. The number of carboxylic acid groups (broad SMARTS) is 1. The predicted octanol–water partition coefficient (Wildman–Crippen LogP) is 1.96. The molecule has 1 N–H and O–H groups in total. The van der Waals surface area contributed by atoms with Gasteiger partial charge in [-0.15, -0.1) is 0 Å². The maximum Gasteiger partial charge on any atom is 0.307 e. The van der Waals surface area contributed by atoms with Gasteiger partial charge in [0.05, 0.1) is 19.1 Å². The molecule has 0 atom stereocenters. The van der Waals surface area contributed by atoms with Gasteiger partial charge in [0.15, 0.2) is 0 Å². The Labute approximate surface area is 95.2 Å². The molecule has 15 heavy (non-hydrogen) atoms. The number of aliphatic carboxylic acids is 1. The summed E-state index contributed by atoms with van der Waals surface area (Å²) in [5.41, 5.74) is 0.805. The van der Waals surface area contributed by atoms with E-state index in [-0.39, 0.29) is 6.42 Å². The minimum atomic E-state index is -0.963. The molecule has 0 saturated heterocycles. The maximum absolute atomic E-state index is 10.6. The van der Waals surface area contributed by atoms with Crippen molar-refractivity contribution in [2.45, 2.75) is 6.42 Å². The first-order valence-electron chi connectivity index (χ1n) is 4.06. The number of carboxylic acids is 1. The second-order valence-electron chi connectivity index (χ2n) is 2.83. The number of methoxy groups -OCH3 is 1. The molecule has 1 aromatic rings. The van der Waals surface area contributed by atoms with Crippen LogP contribution in [0.25, 0.3) is 0 Å². The second kappa shape index (κ2) is 4.80. The summed E-state index contributed by atoms with van der Waals surface area (Å²) in [6.45, 7) is 0. The summed E-state index contributed by atoms with van der Waals surface area (Å²) in [6.07, 6.45) is -0.169. The Kier molecular flexibility index (Phi) is 3.69. The molecule has 78 valence electrons. The third-order valence-electron chi connectivity index (χ3n) is 1.80. The number of rotatable bonds is 3. The van der Waals surface area contributed by atoms with Gasteiger partial charge >= 0.3 is 5.97 Å². The van der Waals surface area contributed by atoms with Gasteiger partial charge in [0.1, 0.15) is 11.8 Å². The van der Waals surface area contributed by atoms with E-state index in [0.717, 1.165) is 0 Å². The molecule has 0 spiro atoms. The van der Waals surface area contributed by atoms with Crippen molar-refractivity contribution >= 4 is 21.9 Å². The fraction of sp³-hybridized carbons (Fsp3) is 0.200. The average molecular weight is 270 g/mol. The van der Waals surface area contributed by atoms with E-state index in [1.165, 1.54) is 7.11 Å². The first kappa shape index (κ1) is 11.5. The quantitative estimate of drug-likeness (QED) is 0.911. The van der Waals surface area contributed by atoms with Gasteiger partial charge < -0.3 is 9.84 Å². The third-order valence-corrected chi connectivity index (χ3v) is 2.25. The highest BCUT2D eigenvalue weighted by Gasteiger charge is 2.13. The first-order valence-corrected chi connectivity index (χ1v) is 4.86. The van der Waals surface area contributed by atoms with E-state index in [0.29, 0.717) is 21.3 Å². The van der Waals surface area contributed by atoms with Gasteiger partial charge in [-0.1, -0.05) is 15.9 Å². The molecule has 0 aliphatic heterocycles. The highest BCUT2D eigenvalue weighted by atomic mass is 79.9. The van der Waals surface area contributed by atoms with Crippen LogP contribution in [0.5, 0.6) is 5.75 Å². The molecule has 0 fully saturated rings. The molecule has 0 radical (unpaired) electrons. The van der Waals surface area contributed by atoms with Crippen LogP contribution in [0.2, 0.25) is 0 Å². The summed E-state index contributed by atoms with van der Waals surface area (Å²) in [6, 6.07) is 5.17. The maximum atomic E-state index is 10.6. The lowest BCUT2D eigenvalue weighted by Crippen LogP contribution is -2.03. The lowest BCUT2D eigenvalue weighted by Gasteiger charge is -2.08. The van der Waals surface area contributed by atoms with Crippen LogP contribution >= 0.6 is 15.9 Å². The SMILES string of the molecule is COc1c(C#N)cc(Br)cc1CC(=O)O. The summed E-state index contributed by atoms with van der Waals surface area (Å²) in [5, 5.41) is 17.5. The number of nitriles is 1. The number of nitrogens with zero attached hydrogens (tertiary/aromatic N) is 1. The summed E-state index contributed by atoms with van der Waals surface area (Å²) < 4.78 is 5.68. The van der Waals surface area contributed by atoms with Crippen LogP contribution in [0.4, 0.5) is 0 Å². The Hall–Kier alpha value is -1.54. The van der Waals surface area contributed by atoms with E-state index in [1.54, 1.807) is 12.1 Å². The molecule has 1 rings (SSSR count). The lowest BCUT2D eigenvalue weighted by molar-refractivity contribution is -0.136. The topological polar surface area (TPSA) is 70.3 Å². The molecule has 1 aromatic carbocycles. The first-order chi connectivity index (χ1) is 7.08. The summed E-state index contributed by atoms with van der Waals surface area (Å²) >= 11 is 3.21. The molecular weight excluding hydrogens is 262 g/mol. The van der Waals surface area contributed by atoms with Gasteiger partial charge in [-0.25, -0.2) is 0 Å². The van der Waals surface area contributed by atoms with Gasteiger partial charge in [0, 0.05) is 10.0 Å². The smallest absolute Gasteiger partial charge is 0.307 e. The van der Waals surface area contributed by atoms with Crippen LogP contribution in [0, 0.1) is 11.3 Å². The van der Waals surface area contributed by atoms with E-state index >= 15 is 0 Å². The molecule has 0 aliphatic carbocycles. The zero-order valence-electron chi connectivity index (χ0n) is 7.95. The van der Waals surface area contributed by atoms with Crippen molar-refractivity contribution in [2.75, 3.05) is 7.11 Å². The normalized spacial score (nSPS) is 9.40. The van der Waals surface area contributed by atoms with Crippen molar-refractivity contribution < 1.29 is 14.6 Å². The lowest BCUT2D eigenvalue weighted by atomic mass is 10.1. The fourth-order valence-electron chi connectivity index (χ4n) is 1.27. The van der Waals surface area contributed by atoms with Gasteiger partial charge in [-0.3, -0.25) is 4.79 Å². The molecular formula is C10H8BrNO3. The van der Waals surface area contributed by atoms with Crippen molar-refractivity contribution in [3.05, 3.63) is 27.7 Å². The highest BCUT2D eigenvalue weighted by Crippen LogP contribution is 2.28. The molecule has 0 aromatic heterocycles. The van der Waals surface area contributed by atoms with Crippen LogP contribution in [0.3, 0.4) is 0 Å². The number of hydrogen-bond acceptors (Lipinski definition) is 3. The van der Waals surface area contributed by atoms with Crippen LogP contribution < -0.4 is 4.74 Å². The highest BCUT2D eigenvalue weighted by molar-refractivity contribution is 9.10. The third kappa shape index (κ3) is 2.70. The Morgan fingerprint density at radius 2 is 2.33 bits per heavy atom. The van der Waals surface area contributed by atoms with Crippen molar-refractivity contribution in [3.63, 3.8) is 0 Å². The van der Waals surface area contributed by atoms with Gasteiger partial charge in [-0.05, 0) is 12.1 Å². The Morgan fingerprint density at radius 1 is 1.67 bits per heavy atom. The van der Waals surface area contributed by atoms with Gasteiger partial charge in [0.2, 0.25) is 0 Å². The second-order valence-corrected chi connectivity index (χ2v) is 3.74. The van der Waals surface area contributed by atoms with E-state index in [1.807, 2.05) is 6.07 Å². The van der Waals surface area contributed by atoms with Crippen molar-refractivity contribution in [2.24, 2.45) is 0 Å². The largest absolute Gasteiger partial charge is 0.495 e. The molecule has 5 heteroatoms. The fourth-order valence-corrected chi connectivity index (χ4v) is 1.77. The van der Waals surface area contributed by atoms with Crippen molar-refractivity contribution in [1.82, 2.24) is 0 Å². The Balaban J connectivity index is 3.30. The minimum absolute atomic E-state index is 0.169. The van der Waals surface area contributed by atoms with Crippen LogP contribution in [0.15, 0.2) is 16.6 Å². The Bertz CT molecular complexity index is 437. The molecule has 4 nitrogen and oxygen atoms in total. The number of carbonyl (C=O) groups is 1. The average Bonchev–Trinajstić information content (AvgIpc) is 2.15. The van der Waals surface area contributed by atoms with Crippen LogP contribution in [0.1, 0.15) is 11.1 Å². The van der Waals surface area contributed by atoms with Crippen LogP contribution in [-0.2, 0) is 11.2 Å². The van der Waals surface area contributed by atoms with E-state index in [2.05, 4.69) is 15.9 Å². The molecule has 0 amide bonds. The zero-order chi connectivity index (χ0) is 11.4. The molecule has 0 heterocycles. The molecule has 0 saturated carbocycles. The summed E-state index contributed by atoms with van der Waals surface area (Å²) in [5.74, 6) is -0.640. The summed E-state index contributed by atoms with van der Waals surface area (Å²) in [7, 11) is 1.41. The number of ether oxygens (including phenoxy) is 1. The van der Waals surface area contributed by atoms with Crippen molar-refractivity contribution in [1.29, 1.82) is 5.26 Å². The number of hydrogen-bond donors (Lipinski definition) is 1. The minimum Gasteiger partial charge on any atom is -0.495 e. The van der Waals surface area contributed by atoms with Gasteiger partial charge in [0.25, 0.3) is 0 Å². The zero-order valence-corrected chi connectivity index (χ0v) is 9.54.